The second-order valence-electron chi connectivity index (χ2n) is 24.7. The predicted octanol–water partition coefficient (Wildman–Crippen LogP) is -23.9. The molecule has 105 heavy (non-hydrogen) atoms. The number of carbonyl (C=O) groups is 1. The van der Waals surface area contributed by atoms with Gasteiger partial charge in [-0.05, 0) is 114 Å². The van der Waals surface area contributed by atoms with E-state index in [1.54, 1.807) is 34.6 Å². The van der Waals surface area contributed by atoms with Crippen LogP contribution in [0.15, 0.2) is 78.9 Å². The van der Waals surface area contributed by atoms with Gasteiger partial charge in [-0.15, -0.1) is 0 Å². The number of rotatable bonds is 18. The van der Waals surface area contributed by atoms with Crippen LogP contribution >= 0.6 is 47.0 Å². The Balaban J connectivity index is 0.00000241. The lowest BCUT2D eigenvalue weighted by atomic mass is 10.1. The van der Waals surface area contributed by atoms with E-state index in [0.717, 1.165) is 6.92 Å². The monoisotopic (exact) mass is 2000 g/mol. The summed E-state index contributed by atoms with van der Waals surface area (Å²) in [5, 5.41) is 36.7. The fraction of sp³-hybridized carbons (Fsp3) is 0.583. The average molecular weight is 2000 g/mol. The fourth-order valence-electron chi connectivity index (χ4n) is 12.3. The lowest BCUT2D eigenvalue weighted by Gasteiger charge is -2.17. The van der Waals surface area contributed by atoms with Crippen molar-refractivity contribution < 1.29 is 160 Å². The molecule has 5 aromatic heterocycles. The second kappa shape index (κ2) is 41.0. The number of nitrogens with zero attached hydrogens (tertiary/aromatic N) is 5. The van der Waals surface area contributed by atoms with Crippen molar-refractivity contribution in [3.63, 3.8) is 0 Å². The quantitative estimate of drug-likeness (QED) is 0.0220. The number of H-pyrrole nitrogens is 5. The zero-order valence-electron chi connectivity index (χ0n) is 58.6. The highest BCUT2D eigenvalue weighted by molar-refractivity contribution is 8.13. The van der Waals surface area contributed by atoms with E-state index in [2.05, 4.69) is 71.9 Å². The lowest BCUT2D eigenvalue weighted by molar-refractivity contribution is -0.474. The van der Waals surface area contributed by atoms with Gasteiger partial charge in [-0.3, -0.25) is 113 Å². The van der Waals surface area contributed by atoms with E-state index in [1.165, 1.54) is 101 Å². The zero-order chi connectivity index (χ0) is 73.3. The molecule has 0 unspecified atom stereocenters. The van der Waals surface area contributed by atoms with E-state index in [1.807, 2.05) is 25.0 Å². The highest BCUT2D eigenvalue weighted by atomic mass is 127. The Morgan fingerprint density at radius 2 is 0.629 bits per heavy atom. The number of aliphatic carboxylic acids is 1. The molecule has 45 heteroatoms. The minimum absolute atomic E-state index is 0. The van der Waals surface area contributed by atoms with Crippen LogP contribution in [0.2, 0.25) is 0 Å². The molecular formula is C60H87I4N19O18S4. The Morgan fingerprint density at radius 1 is 0.429 bits per heavy atom. The van der Waals surface area contributed by atoms with Crippen LogP contribution in [0.1, 0.15) is 98.0 Å². The van der Waals surface area contributed by atoms with Crippen molar-refractivity contribution in [3.05, 3.63) is 163 Å². The number of aliphatic hydroxyl groups excluding tert-OH is 1. The molecule has 0 aromatic carbocycles. The third-order valence-corrected chi connectivity index (χ3v) is 20.3. The number of amidine groups is 4. The molecule has 5 fully saturated rings. The number of carboxylic acids is 1. The van der Waals surface area contributed by atoms with E-state index >= 15 is 0 Å². The predicted molar refractivity (Wildman–Crippen MR) is 372 cm³/mol. The first kappa shape index (κ1) is 90.4. The molecule has 37 nitrogen and oxygen atoms in total. The van der Waals surface area contributed by atoms with Crippen molar-refractivity contribution in [2.75, 3.05) is 57.7 Å². The first-order chi connectivity index (χ1) is 48.1. The van der Waals surface area contributed by atoms with Crippen LogP contribution in [0.25, 0.3) is 0 Å². The molecule has 0 spiro atoms. The summed E-state index contributed by atoms with van der Waals surface area (Å²) in [6.07, 6.45) is 8.07. The molecule has 0 amide bonds. The van der Waals surface area contributed by atoms with Gasteiger partial charge in [0.1, 0.15) is 119 Å². The number of aryl methyl sites for hydroxylation is 5. The van der Waals surface area contributed by atoms with Crippen LogP contribution in [0, 0.1) is 34.6 Å². The highest BCUT2D eigenvalue weighted by Gasteiger charge is 2.46. The van der Waals surface area contributed by atoms with Crippen LogP contribution < -0.4 is 204 Å². The Hall–Kier alpha value is -5.21. The standard InChI is InChI=1S/C58H79N19O16S4.C2H4O2.4HI/c1-25-20-73(54(84)68-45(25)79)40-10-30(35(15-59)89-40)64-50(94-6)60-16-36-31(11-41(90-36)74-21-26(2)46(80)69-55(74)85)65-51(95-7)61-17-37-32(12-42(91-37)75-22-27(3)47(81)70-56(75)86)66-52(96-8)62-18-38-33(13-43(92-38)76-23-28(4)48(82)71-57(76)87)67-53(97-9)63-19-39-34(78)14-44(93-39)77-24-29(5)49(83)72-58(77)88;1-2(3)4;;;;/h20-24,30-44,78H,10-19,59H2,1-9H3,(H,60,64)(H,61,65)(H,62,66)(H,63,67)(H,68,79,84)(H,69,80,85)(H,70,81,86)(H,71,82,87)(H,72,83,88);1H3,(H,3,4);4*1H/t30-,31-,32-,33-,34-,35+,36+,37+,38+,39+,40+,41+,42+,43+,44+;;;;;/m0...../s1. The Bertz CT molecular complexity index is 4610. The maximum atomic E-state index is 13.5. The molecule has 10 rings (SSSR count). The van der Waals surface area contributed by atoms with Crippen molar-refractivity contribution in [3.8, 4) is 0 Å². The number of carboxylic acid groups (broad SMARTS) is 1. The zero-order valence-corrected chi connectivity index (χ0v) is 70.5. The van der Waals surface area contributed by atoms with Crippen LogP contribution in [0.5, 0.6) is 0 Å². The van der Waals surface area contributed by atoms with Gasteiger partial charge >= 0.3 is 49.1 Å². The SMILES string of the molecule is CC(=O)[O-].CSC(N[C@H]1C[C@H](n2cc(C)c(=O)[nH]c2=O)O[C@@H]1C[NH3+])=[NH+]C[C@H]1O[C@@H](n2cc(C)c(=O)[nH]c2=O)C[C@@H]1NC(=[NH+]C[C@H]1O[C@@H](n2cc(C)c(=O)[nH]c2=O)C[C@@H]1NC(=[NH+]C[C@H]1O[C@@H](n2cc(C)c(=O)[nH]c2=O)C[C@@H]1NC(=[NH+]C[C@H]1O[C@@H](n2cc(C)c(=O)[nH]c2=O)C[C@@H]1O)SC)SC)SC.[I-].[I-].[I-].[I-]. The Kier molecular flexibility index (Phi) is 35.3. The molecule has 582 valence electrons. The fourth-order valence-corrected chi connectivity index (χ4v) is 14.3. The van der Waals surface area contributed by atoms with E-state index in [9.17, 15) is 53.1 Å². The van der Waals surface area contributed by atoms with Gasteiger partial charge in [-0.25, -0.2) is 24.0 Å². The molecule has 5 saturated heterocycles. The largest absolute Gasteiger partial charge is 1.00 e. The number of halogens is 4. The average Bonchev–Trinajstić information content (AvgIpc) is 1.72. The number of carbonyl (C=O) groups excluding carboxylic acids is 1. The van der Waals surface area contributed by atoms with Crippen molar-refractivity contribution in [1.29, 1.82) is 0 Å². The number of hydrogen-bond donors (Lipinski definition) is 15. The topological polar surface area (TPSA) is 512 Å². The number of nitrogens with one attached hydrogen (secondary N) is 13. The normalized spacial score (nSPS) is 26.0. The van der Waals surface area contributed by atoms with Crippen LogP contribution in [-0.2, 0) is 28.5 Å². The van der Waals surface area contributed by atoms with Crippen molar-refractivity contribution in [2.45, 2.75) is 166 Å². The molecule has 5 aliphatic heterocycles. The van der Waals surface area contributed by atoms with Crippen LogP contribution in [-0.4, -0.2) is 198 Å². The third-order valence-electron chi connectivity index (χ3n) is 17.7. The molecule has 17 N–H and O–H groups in total. The lowest BCUT2D eigenvalue weighted by Crippen LogP contribution is -3.00. The molecule has 5 aromatic rings. The number of quaternary nitrogens is 1. The number of aromatic nitrogens is 10. The van der Waals surface area contributed by atoms with Gasteiger partial charge in [0.05, 0.1) is 6.10 Å². The molecule has 0 saturated carbocycles. The maximum Gasteiger partial charge on any atom is 0.330 e. The van der Waals surface area contributed by atoms with Gasteiger partial charge in [0, 0.05) is 96.9 Å². The Labute approximate surface area is 683 Å². The van der Waals surface area contributed by atoms with E-state index in [-0.39, 0.29) is 154 Å². The summed E-state index contributed by atoms with van der Waals surface area (Å²) >= 11 is 5.52. The molecule has 0 bridgehead atoms. The van der Waals surface area contributed by atoms with Gasteiger partial charge in [0.15, 0.2) is 0 Å². The first-order valence-corrected chi connectivity index (χ1v) is 37.2. The summed E-state index contributed by atoms with van der Waals surface area (Å²) in [6, 6.07) is -1.71. The van der Waals surface area contributed by atoms with Crippen molar-refractivity contribution >= 4 is 73.7 Å². The molecule has 0 radical (unpaired) electrons. The van der Waals surface area contributed by atoms with Crippen LogP contribution in [0.4, 0.5) is 0 Å². The van der Waals surface area contributed by atoms with E-state index < -0.39 is 148 Å². The maximum absolute atomic E-state index is 13.5. The van der Waals surface area contributed by atoms with Crippen molar-refractivity contribution in [2.24, 2.45) is 0 Å². The number of hydrogen-bond acceptors (Lipinski definition) is 22. The molecular weight excluding hydrogens is 1910 g/mol. The number of aromatic amines is 5. The Morgan fingerprint density at radius 3 is 0.857 bits per heavy atom. The number of ether oxygens (including phenoxy) is 5. The summed E-state index contributed by atoms with van der Waals surface area (Å²) < 4.78 is 39.2. The highest BCUT2D eigenvalue weighted by Crippen LogP contribution is 2.32. The number of thioether (sulfide) groups is 4. The van der Waals surface area contributed by atoms with Gasteiger partial charge in [0.2, 0.25) is 0 Å². The van der Waals surface area contributed by atoms with E-state index in [4.69, 9.17) is 33.6 Å². The molecule has 15 atom stereocenters. The summed E-state index contributed by atoms with van der Waals surface area (Å²) in [4.78, 5) is 162. The minimum Gasteiger partial charge on any atom is -1.00 e. The van der Waals surface area contributed by atoms with E-state index in [0.29, 0.717) is 61.5 Å². The van der Waals surface area contributed by atoms with Gasteiger partial charge in [-0.1, -0.05) is 0 Å². The first-order valence-electron chi connectivity index (χ1n) is 32.3. The third kappa shape index (κ3) is 23.0. The van der Waals surface area contributed by atoms with Gasteiger partial charge < -0.3 is 140 Å². The van der Waals surface area contributed by atoms with Crippen LogP contribution in [0.3, 0.4) is 0 Å². The minimum atomic E-state index is -1.08. The summed E-state index contributed by atoms with van der Waals surface area (Å²) in [7, 11) is 0. The smallest absolute Gasteiger partial charge is 0.330 e. The van der Waals surface area contributed by atoms with Crippen molar-refractivity contribution in [1.82, 2.24) is 69.0 Å². The molecule has 10 heterocycles. The van der Waals surface area contributed by atoms with Gasteiger partial charge in [0.25, 0.3) is 27.8 Å². The van der Waals surface area contributed by atoms with Gasteiger partial charge in [-0.2, -0.15) is 0 Å². The second-order valence-corrected chi connectivity index (χ2v) is 28.0. The number of aliphatic hydroxyl groups is 1. The molecule has 5 aliphatic rings. The summed E-state index contributed by atoms with van der Waals surface area (Å²) in [5.41, 5.74) is -0.0713. The summed E-state index contributed by atoms with van der Waals surface area (Å²) in [5.74, 6) is -1.08. The summed E-state index contributed by atoms with van der Waals surface area (Å²) in [6.45, 7) is 10.0. The molecule has 0 aliphatic carbocycles.